The van der Waals surface area contributed by atoms with Crippen LogP contribution in [0.2, 0.25) is 0 Å². The van der Waals surface area contributed by atoms with Gasteiger partial charge in [0.2, 0.25) is 12.0 Å². The molecule has 0 spiro atoms. The summed E-state index contributed by atoms with van der Waals surface area (Å²) in [4.78, 5) is 11.2. The summed E-state index contributed by atoms with van der Waals surface area (Å²) < 4.78 is 84.5. The predicted molar refractivity (Wildman–Crippen MR) is 83.9 cm³/mol. The number of ether oxygens (including phenoxy) is 1. The topological polar surface area (TPSA) is 60.4 Å². The highest BCUT2D eigenvalue weighted by Crippen LogP contribution is 2.51. The second-order valence-corrected chi connectivity index (χ2v) is 7.99. The van der Waals surface area contributed by atoms with Gasteiger partial charge in [0.1, 0.15) is 17.3 Å². The molecule has 0 fully saturated rings. The summed E-state index contributed by atoms with van der Waals surface area (Å²) >= 11 is 0. The van der Waals surface area contributed by atoms with Crippen LogP contribution in [-0.2, 0) is 9.84 Å². The Bertz CT molecular complexity index is 1010. The second kappa shape index (κ2) is 5.80. The van der Waals surface area contributed by atoms with E-state index in [1.807, 2.05) is 0 Å². The number of Topliss-reactive ketones (excluding diaryl/α,β-unsaturated/α-hetero) is 1. The third-order valence-corrected chi connectivity index (χ3v) is 5.05. The lowest BCUT2D eigenvalue weighted by atomic mass is 10.1. The van der Waals surface area contributed by atoms with Gasteiger partial charge in [0.25, 0.3) is 0 Å². The lowest BCUT2D eigenvalue weighted by molar-refractivity contribution is -0.0368. The fraction of sp³-hybridized carbons (Fsp3) is 0.235. The van der Waals surface area contributed by atoms with E-state index in [2.05, 4.69) is 0 Å². The third kappa shape index (κ3) is 2.86. The monoisotopic (exact) mass is 388 g/mol. The number of sulfone groups is 1. The van der Waals surface area contributed by atoms with Gasteiger partial charge in [-0.25, -0.2) is 17.2 Å². The number of alkyl halides is 3. The average molecular weight is 388 g/mol. The van der Waals surface area contributed by atoms with Crippen molar-refractivity contribution in [1.29, 1.82) is 0 Å². The van der Waals surface area contributed by atoms with E-state index in [9.17, 15) is 30.8 Å². The van der Waals surface area contributed by atoms with Crippen molar-refractivity contribution < 1.29 is 35.5 Å². The molecule has 26 heavy (non-hydrogen) atoms. The van der Waals surface area contributed by atoms with Crippen molar-refractivity contribution in [2.45, 2.75) is 23.9 Å². The molecule has 0 saturated carbocycles. The first-order chi connectivity index (χ1) is 11.9. The summed E-state index contributed by atoms with van der Waals surface area (Å²) in [6.45, 7) is 1.56. The van der Waals surface area contributed by atoms with Crippen LogP contribution in [0.5, 0.6) is 11.5 Å². The smallest absolute Gasteiger partial charge is 0.344 e. The van der Waals surface area contributed by atoms with Crippen molar-refractivity contribution >= 4 is 15.6 Å². The molecule has 2 aromatic rings. The average Bonchev–Trinajstić information content (AvgIpc) is 2.67. The van der Waals surface area contributed by atoms with Crippen molar-refractivity contribution in [3.8, 4) is 11.5 Å². The number of aryl methyl sites for hydroxylation is 1. The molecule has 0 radical (unpaired) electrons. The standard InChI is InChI=1S/C17H12F4O4S/c1-8-5-9(18)7-10(6-8)25-11-3-4-12(26(2,23)24)14-13(11)15(19)17(20,21)16(14)22/h3-7,15H,1-2H3/t15-/m1/s1. The highest BCUT2D eigenvalue weighted by Gasteiger charge is 2.59. The molecule has 0 unspecified atom stereocenters. The van der Waals surface area contributed by atoms with Crippen LogP contribution in [0.4, 0.5) is 17.6 Å². The number of fused-ring (bicyclic) bond motifs is 1. The van der Waals surface area contributed by atoms with Crippen molar-refractivity contribution in [2.75, 3.05) is 6.26 Å². The molecule has 1 aliphatic rings. The van der Waals surface area contributed by atoms with Crippen LogP contribution < -0.4 is 4.74 Å². The molecule has 4 nitrogen and oxygen atoms in total. The minimum absolute atomic E-state index is 0.105. The Labute approximate surface area is 146 Å². The first-order valence-corrected chi connectivity index (χ1v) is 9.20. The minimum Gasteiger partial charge on any atom is -0.457 e. The minimum atomic E-state index is -4.42. The van der Waals surface area contributed by atoms with Gasteiger partial charge in [-0.2, -0.15) is 8.78 Å². The summed E-state index contributed by atoms with van der Waals surface area (Å²) in [7, 11) is -4.07. The molecule has 138 valence electrons. The Morgan fingerprint density at radius 3 is 2.38 bits per heavy atom. The van der Waals surface area contributed by atoms with Crippen LogP contribution in [0.1, 0.15) is 27.7 Å². The molecule has 0 aromatic heterocycles. The number of ketones is 1. The molecular formula is C17H12F4O4S. The van der Waals surface area contributed by atoms with E-state index >= 15 is 0 Å². The highest BCUT2D eigenvalue weighted by atomic mass is 32.2. The van der Waals surface area contributed by atoms with E-state index in [1.54, 1.807) is 6.92 Å². The van der Waals surface area contributed by atoms with Crippen LogP contribution in [0, 0.1) is 12.7 Å². The normalized spacial score (nSPS) is 18.7. The van der Waals surface area contributed by atoms with Gasteiger partial charge >= 0.3 is 5.92 Å². The molecule has 0 bridgehead atoms. The lowest BCUT2D eigenvalue weighted by Gasteiger charge is -2.14. The molecular weight excluding hydrogens is 376 g/mol. The van der Waals surface area contributed by atoms with Crippen LogP contribution in [-0.4, -0.2) is 26.4 Å². The van der Waals surface area contributed by atoms with Gasteiger partial charge in [0.15, 0.2) is 9.84 Å². The largest absolute Gasteiger partial charge is 0.457 e. The number of carbonyl (C=O) groups excluding carboxylic acids is 1. The molecule has 0 amide bonds. The van der Waals surface area contributed by atoms with E-state index in [-0.39, 0.29) is 5.75 Å². The number of hydrogen-bond donors (Lipinski definition) is 0. The van der Waals surface area contributed by atoms with E-state index in [4.69, 9.17) is 4.74 Å². The number of carbonyl (C=O) groups is 1. The lowest BCUT2D eigenvalue weighted by Crippen LogP contribution is -2.26. The first kappa shape index (κ1) is 18.4. The van der Waals surface area contributed by atoms with E-state index in [0.717, 1.165) is 24.5 Å². The van der Waals surface area contributed by atoms with Gasteiger partial charge in [-0.15, -0.1) is 0 Å². The maximum absolute atomic E-state index is 14.3. The molecule has 0 aliphatic heterocycles. The van der Waals surface area contributed by atoms with Crippen LogP contribution in [0.3, 0.4) is 0 Å². The molecule has 0 N–H and O–H groups in total. The Balaban J connectivity index is 2.23. The molecule has 0 heterocycles. The van der Waals surface area contributed by atoms with Crippen molar-refractivity contribution in [3.05, 3.63) is 52.8 Å². The van der Waals surface area contributed by atoms with E-state index in [1.165, 1.54) is 12.1 Å². The fourth-order valence-electron chi connectivity index (χ4n) is 2.82. The zero-order chi connectivity index (χ0) is 19.4. The summed E-state index contributed by atoms with van der Waals surface area (Å²) in [5.74, 6) is -7.59. The fourth-order valence-corrected chi connectivity index (χ4v) is 3.70. The highest BCUT2D eigenvalue weighted by molar-refractivity contribution is 7.90. The van der Waals surface area contributed by atoms with Gasteiger partial charge in [0.05, 0.1) is 10.5 Å². The van der Waals surface area contributed by atoms with Gasteiger partial charge < -0.3 is 4.74 Å². The second-order valence-electron chi connectivity index (χ2n) is 6.00. The van der Waals surface area contributed by atoms with E-state index < -0.39 is 55.3 Å². The summed E-state index contributed by atoms with van der Waals surface area (Å²) in [5, 5.41) is 0. The Morgan fingerprint density at radius 1 is 1.15 bits per heavy atom. The van der Waals surface area contributed by atoms with Crippen molar-refractivity contribution in [3.63, 3.8) is 0 Å². The van der Waals surface area contributed by atoms with Gasteiger partial charge in [0, 0.05) is 17.9 Å². The maximum atomic E-state index is 14.3. The van der Waals surface area contributed by atoms with Gasteiger partial charge in [-0.3, -0.25) is 4.79 Å². The summed E-state index contributed by atoms with van der Waals surface area (Å²) in [5.41, 5.74) is -1.33. The summed E-state index contributed by atoms with van der Waals surface area (Å²) in [6.07, 6.45) is -2.35. The third-order valence-electron chi connectivity index (χ3n) is 3.91. The van der Waals surface area contributed by atoms with Gasteiger partial charge in [-0.05, 0) is 36.8 Å². The number of hydrogen-bond acceptors (Lipinski definition) is 4. The van der Waals surface area contributed by atoms with Crippen molar-refractivity contribution in [2.24, 2.45) is 0 Å². The Morgan fingerprint density at radius 2 is 1.81 bits per heavy atom. The Kier molecular flexibility index (Phi) is 4.10. The molecule has 0 saturated heterocycles. The zero-order valence-electron chi connectivity index (χ0n) is 13.5. The maximum Gasteiger partial charge on any atom is 0.344 e. The molecule has 9 heteroatoms. The quantitative estimate of drug-likeness (QED) is 0.741. The van der Waals surface area contributed by atoms with Crippen molar-refractivity contribution in [1.82, 2.24) is 0 Å². The van der Waals surface area contributed by atoms with Crippen LogP contribution >= 0.6 is 0 Å². The van der Waals surface area contributed by atoms with Gasteiger partial charge in [-0.1, -0.05) is 0 Å². The van der Waals surface area contributed by atoms with E-state index in [0.29, 0.717) is 5.56 Å². The van der Waals surface area contributed by atoms with Crippen LogP contribution in [0.25, 0.3) is 0 Å². The predicted octanol–water partition coefficient (Wildman–Crippen LogP) is 4.17. The van der Waals surface area contributed by atoms with Crippen LogP contribution in [0.15, 0.2) is 35.2 Å². The summed E-state index contributed by atoms with van der Waals surface area (Å²) in [6, 6.07) is 5.38. The SMILES string of the molecule is Cc1cc(F)cc(Oc2ccc(S(C)(=O)=O)c3c2[C@@H](F)C(F)(F)C3=O)c1. The number of rotatable bonds is 3. The number of halogens is 4. The Hall–Kier alpha value is -2.42. The zero-order valence-corrected chi connectivity index (χ0v) is 14.3. The first-order valence-electron chi connectivity index (χ1n) is 7.31. The molecule has 1 atom stereocenters. The molecule has 2 aromatic carbocycles. The number of benzene rings is 2. The molecule has 3 rings (SSSR count). The molecule has 1 aliphatic carbocycles.